The third-order valence-electron chi connectivity index (χ3n) is 2.77. The van der Waals surface area contributed by atoms with Crippen LogP contribution < -0.4 is 10.5 Å². The van der Waals surface area contributed by atoms with Crippen LogP contribution in [-0.4, -0.2) is 43.6 Å². The predicted molar refractivity (Wildman–Crippen MR) is 75.2 cm³/mol. The number of methoxy groups -OCH3 is 1. The molecule has 1 aromatic carbocycles. The maximum Gasteiger partial charge on any atom is 0.325 e. The molecule has 6 nitrogen and oxygen atoms in total. The van der Waals surface area contributed by atoms with E-state index in [1.54, 1.807) is 19.1 Å². The molecule has 1 rings (SSSR count). The zero-order valence-corrected chi connectivity index (χ0v) is 11.8. The number of anilines is 1. The van der Waals surface area contributed by atoms with Gasteiger partial charge in [-0.05, 0) is 19.1 Å². The van der Waals surface area contributed by atoms with Crippen LogP contribution in [-0.2, 0) is 14.3 Å². The average Bonchev–Trinajstić information content (AvgIpc) is 2.46. The fourth-order valence-electron chi connectivity index (χ4n) is 1.62. The molecule has 0 saturated heterocycles. The maximum absolute atomic E-state index is 11.9. The summed E-state index contributed by atoms with van der Waals surface area (Å²) < 4.78 is 9.99. The lowest BCUT2D eigenvalue weighted by Gasteiger charge is -2.19. The van der Waals surface area contributed by atoms with Crippen molar-refractivity contribution in [2.75, 3.05) is 32.5 Å². The molecule has 1 aromatic rings. The van der Waals surface area contributed by atoms with Crippen molar-refractivity contribution in [1.29, 1.82) is 0 Å². The zero-order chi connectivity index (χ0) is 15.0. The molecule has 0 atom stereocenters. The summed E-state index contributed by atoms with van der Waals surface area (Å²) in [5.41, 5.74) is 6.26. The lowest BCUT2D eigenvalue weighted by Crippen LogP contribution is -2.36. The molecule has 0 aliphatic rings. The highest BCUT2D eigenvalue weighted by Crippen LogP contribution is 2.19. The molecule has 0 heterocycles. The Morgan fingerprint density at radius 2 is 2.00 bits per heavy atom. The van der Waals surface area contributed by atoms with Crippen molar-refractivity contribution >= 4 is 17.6 Å². The molecular formula is C14H20N2O4. The number of ether oxygens (including phenoxy) is 2. The number of likely N-dealkylation sites (N-methyl/N-ethyl adjacent to an activating group) is 1. The van der Waals surface area contributed by atoms with E-state index in [2.05, 4.69) is 4.74 Å². The van der Waals surface area contributed by atoms with Crippen molar-refractivity contribution in [2.45, 2.75) is 13.3 Å². The Hall–Kier alpha value is -2.24. The van der Waals surface area contributed by atoms with Gasteiger partial charge in [-0.15, -0.1) is 0 Å². The summed E-state index contributed by atoms with van der Waals surface area (Å²) in [4.78, 5) is 24.5. The van der Waals surface area contributed by atoms with Crippen LogP contribution >= 0.6 is 0 Å². The Morgan fingerprint density at radius 3 is 2.60 bits per heavy atom. The number of hydrogen-bond acceptors (Lipinski definition) is 5. The van der Waals surface area contributed by atoms with E-state index in [9.17, 15) is 9.59 Å². The second-order valence-electron chi connectivity index (χ2n) is 4.12. The minimum absolute atomic E-state index is 0.0424. The predicted octanol–water partition coefficient (Wildman–Crippen LogP) is 1.06. The number of nitrogens with two attached hydrogens (primary N) is 1. The van der Waals surface area contributed by atoms with Crippen LogP contribution in [0.3, 0.4) is 0 Å². The lowest BCUT2D eigenvalue weighted by molar-refractivity contribution is -0.147. The normalized spacial score (nSPS) is 9.90. The molecule has 0 saturated carbocycles. The Bertz CT molecular complexity index is 462. The van der Waals surface area contributed by atoms with Gasteiger partial charge in [-0.25, -0.2) is 0 Å². The number of esters is 1. The van der Waals surface area contributed by atoms with Crippen LogP contribution in [0.4, 0.5) is 5.69 Å². The SMILES string of the molecule is CCN(CC(=O)OC)C(=O)CCOc1ccccc1N. The fourth-order valence-corrected chi connectivity index (χ4v) is 1.62. The van der Waals surface area contributed by atoms with Gasteiger partial charge in [-0.2, -0.15) is 0 Å². The lowest BCUT2D eigenvalue weighted by atomic mass is 10.3. The Morgan fingerprint density at radius 1 is 1.30 bits per heavy atom. The van der Waals surface area contributed by atoms with Gasteiger partial charge in [0, 0.05) is 6.54 Å². The third kappa shape index (κ3) is 4.79. The highest BCUT2D eigenvalue weighted by molar-refractivity contribution is 5.82. The standard InChI is InChI=1S/C14H20N2O4/c1-3-16(10-14(18)19-2)13(17)8-9-20-12-7-5-4-6-11(12)15/h4-7H,3,8-10,15H2,1-2H3. The first-order valence-electron chi connectivity index (χ1n) is 6.40. The Kier molecular flexibility index (Phi) is 6.36. The monoisotopic (exact) mass is 280 g/mol. The molecule has 0 aliphatic carbocycles. The van der Waals surface area contributed by atoms with E-state index in [0.29, 0.717) is 18.0 Å². The number of nitrogen functional groups attached to an aromatic ring is 1. The van der Waals surface area contributed by atoms with Crippen molar-refractivity contribution in [2.24, 2.45) is 0 Å². The number of carbonyl (C=O) groups excluding carboxylic acids is 2. The van der Waals surface area contributed by atoms with Gasteiger partial charge in [0.2, 0.25) is 5.91 Å². The zero-order valence-electron chi connectivity index (χ0n) is 11.8. The molecule has 20 heavy (non-hydrogen) atoms. The van der Waals surface area contributed by atoms with Gasteiger partial charge in [-0.3, -0.25) is 9.59 Å². The molecule has 1 amide bonds. The summed E-state index contributed by atoms with van der Waals surface area (Å²) in [5.74, 6) is -0.0443. The number of benzene rings is 1. The van der Waals surface area contributed by atoms with Crippen LogP contribution in [0, 0.1) is 0 Å². The second-order valence-corrected chi connectivity index (χ2v) is 4.12. The van der Waals surface area contributed by atoms with Crippen molar-refractivity contribution in [3.05, 3.63) is 24.3 Å². The summed E-state index contributed by atoms with van der Waals surface area (Å²) in [6.07, 6.45) is 0.180. The largest absolute Gasteiger partial charge is 0.491 e. The topological polar surface area (TPSA) is 81.9 Å². The van der Waals surface area contributed by atoms with Crippen molar-refractivity contribution in [3.63, 3.8) is 0 Å². The van der Waals surface area contributed by atoms with E-state index in [1.165, 1.54) is 12.0 Å². The van der Waals surface area contributed by atoms with Gasteiger partial charge in [-0.1, -0.05) is 12.1 Å². The second kappa shape index (κ2) is 8.04. The summed E-state index contributed by atoms with van der Waals surface area (Å²) in [6.45, 7) is 2.42. The molecule has 0 aliphatic heterocycles. The minimum Gasteiger partial charge on any atom is -0.491 e. The Labute approximate surface area is 118 Å². The van der Waals surface area contributed by atoms with E-state index < -0.39 is 5.97 Å². The molecule has 0 spiro atoms. The van der Waals surface area contributed by atoms with Crippen molar-refractivity contribution in [3.8, 4) is 5.75 Å². The van der Waals surface area contributed by atoms with Gasteiger partial charge < -0.3 is 20.1 Å². The molecule has 2 N–H and O–H groups in total. The third-order valence-corrected chi connectivity index (χ3v) is 2.77. The van der Waals surface area contributed by atoms with E-state index in [-0.39, 0.29) is 25.5 Å². The first-order valence-corrected chi connectivity index (χ1v) is 6.40. The molecule has 0 aromatic heterocycles. The molecular weight excluding hydrogens is 260 g/mol. The molecule has 0 unspecified atom stereocenters. The molecule has 6 heteroatoms. The summed E-state index contributed by atoms with van der Waals surface area (Å²) in [5, 5.41) is 0. The van der Waals surface area contributed by atoms with Gasteiger partial charge >= 0.3 is 5.97 Å². The van der Waals surface area contributed by atoms with Crippen LogP contribution in [0.2, 0.25) is 0 Å². The van der Waals surface area contributed by atoms with Crippen LogP contribution in [0.5, 0.6) is 5.75 Å². The number of para-hydroxylation sites is 2. The van der Waals surface area contributed by atoms with E-state index in [0.717, 1.165) is 0 Å². The van der Waals surface area contributed by atoms with Gasteiger partial charge in [0.25, 0.3) is 0 Å². The maximum atomic E-state index is 11.9. The fraction of sp³-hybridized carbons (Fsp3) is 0.429. The number of carbonyl (C=O) groups is 2. The summed E-state index contributed by atoms with van der Waals surface area (Å²) in [6, 6.07) is 7.09. The minimum atomic E-state index is -0.437. The Balaban J connectivity index is 2.42. The number of nitrogens with zero attached hydrogens (tertiary/aromatic N) is 1. The number of amides is 1. The number of hydrogen-bond donors (Lipinski definition) is 1. The quantitative estimate of drug-likeness (QED) is 0.596. The molecule has 110 valence electrons. The van der Waals surface area contributed by atoms with Crippen molar-refractivity contribution in [1.82, 2.24) is 4.90 Å². The van der Waals surface area contributed by atoms with Gasteiger partial charge in [0.1, 0.15) is 12.3 Å². The highest BCUT2D eigenvalue weighted by atomic mass is 16.5. The molecule has 0 radical (unpaired) electrons. The summed E-state index contributed by atoms with van der Waals surface area (Å²) in [7, 11) is 1.29. The van der Waals surface area contributed by atoms with Crippen LogP contribution in [0.15, 0.2) is 24.3 Å². The van der Waals surface area contributed by atoms with Gasteiger partial charge in [0.05, 0.1) is 25.8 Å². The average molecular weight is 280 g/mol. The van der Waals surface area contributed by atoms with Crippen LogP contribution in [0.1, 0.15) is 13.3 Å². The first kappa shape index (κ1) is 15.8. The van der Waals surface area contributed by atoms with Crippen LogP contribution in [0.25, 0.3) is 0 Å². The van der Waals surface area contributed by atoms with Crippen molar-refractivity contribution < 1.29 is 19.1 Å². The van der Waals surface area contributed by atoms with E-state index >= 15 is 0 Å². The smallest absolute Gasteiger partial charge is 0.325 e. The van der Waals surface area contributed by atoms with Gasteiger partial charge in [0.15, 0.2) is 0 Å². The first-order chi connectivity index (χ1) is 9.58. The number of rotatable bonds is 7. The van der Waals surface area contributed by atoms with E-state index in [1.807, 2.05) is 12.1 Å². The summed E-state index contributed by atoms with van der Waals surface area (Å²) >= 11 is 0. The van der Waals surface area contributed by atoms with E-state index in [4.69, 9.17) is 10.5 Å². The molecule has 0 bridgehead atoms. The highest BCUT2D eigenvalue weighted by Gasteiger charge is 2.15. The molecule has 0 fully saturated rings.